The Morgan fingerprint density at radius 2 is 1.90 bits per heavy atom. The van der Waals surface area contributed by atoms with Gasteiger partial charge in [0.05, 0.1) is 12.7 Å². The zero-order valence-corrected chi connectivity index (χ0v) is 21.9. The normalized spacial score (nSPS) is 17.8. The van der Waals surface area contributed by atoms with Crippen LogP contribution in [0.4, 0.5) is 0 Å². The van der Waals surface area contributed by atoms with Crippen molar-refractivity contribution in [3.8, 4) is 0 Å². The number of aliphatic imine (C=N–C) groups is 1. The summed E-state index contributed by atoms with van der Waals surface area (Å²) in [6, 6.07) is 8.69. The van der Waals surface area contributed by atoms with Crippen molar-refractivity contribution in [3.63, 3.8) is 0 Å². The van der Waals surface area contributed by atoms with E-state index in [-0.39, 0.29) is 29.4 Å². The van der Waals surface area contributed by atoms with Crippen molar-refractivity contribution in [2.75, 3.05) is 20.1 Å². The number of guanidine groups is 1. The topological polar surface area (TPSA) is 65.7 Å². The molecule has 0 bridgehead atoms. The molecule has 2 N–H and O–H groups in total. The molecule has 1 aromatic carbocycles. The highest BCUT2D eigenvalue weighted by atomic mass is 127. The van der Waals surface area contributed by atoms with E-state index in [2.05, 4.69) is 77.5 Å². The van der Waals surface area contributed by atoms with Gasteiger partial charge in [-0.05, 0) is 36.4 Å². The van der Waals surface area contributed by atoms with Gasteiger partial charge < -0.3 is 15.1 Å². The number of nitrogens with zero attached hydrogens (tertiary/aromatic N) is 3. The molecule has 2 aromatic rings. The van der Waals surface area contributed by atoms with Crippen molar-refractivity contribution in [1.82, 2.24) is 20.5 Å². The first-order valence-electron chi connectivity index (χ1n) is 11.0. The molecule has 172 valence electrons. The number of halogens is 1. The lowest BCUT2D eigenvalue weighted by Crippen LogP contribution is -2.37. The zero-order valence-electron chi connectivity index (χ0n) is 19.6. The summed E-state index contributed by atoms with van der Waals surface area (Å²) in [6.45, 7) is 13.3. The molecule has 31 heavy (non-hydrogen) atoms. The number of rotatable bonds is 6. The summed E-state index contributed by atoms with van der Waals surface area (Å²) in [4.78, 5) is 11.3. The highest BCUT2D eigenvalue weighted by molar-refractivity contribution is 14.0. The first-order chi connectivity index (χ1) is 14.3. The molecule has 6 nitrogen and oxygen atoms in total. The molecular formula is C24H38IN5O. The molecule has 1 aliphatic rings. The fourth-order valence-corrected chi connectivity index (χ4v) is 3.85. The summed E-state index contributed by atoms with van der Waals surface area (Å²) in [5, 5.41) is 6.73. The smallest absolute Gasteiger partial charge is 0.213 e. The molecule has 1 aromatic heterocycles. The largest absolute Gasteiger partial charge is 0.443 e. The second-order valence-corrected chi connectivity index (χ2v) is 9.40. The first-order valence-corrected chi connectivity index (χ1v) is 11.0. The van der Waals surface area contributed by atoms with Gasteiger partial charge in [-0.25, -0.2) is 4.98 Å². The molecule has 7 heteroatoms. The van der Waals surface area contributed by atoms with Crippen molar-refractivity contribution >= 4 is 29.9 Å². The van der Waals surface area contributed by atoms with E-state index in [0.717, 1.165) is 30.7 Å². The van der Waals surface area contributed by atoms with E-state index < -0.39 is 0 Å². The number of likely N-dealkylation sites (tertiary alicyclic amines) is 1. The standard InChI is InChI=1S/C24H37N5O.HI/c1-18-9-8-12-29(16-18)17-20-11-7-6-10-19(20)13-27-23(25-5)28-15-22-26-14-21(30-22)24(2,3)4;/h6-7,10-11,14,18H,8-9,12-13,15-17H2,1-5H3,(H2,25,27,28);1H. The summed E-state index contributed by atoms with van der Waals surface area (Å²) < 4.78 is 5.86. The molecule has 1 aliphatic heterocycles. The quantitative estimate of drug-likeness (QED) is 0.317. The number of piperidine rings is 1. The maximum atomic E-state index is 5.86. The van der Waals surface area contributed by atoms with E-state index in [1.165, 1.54) is 37.1 Å². The fraction of sp³-hybridized carbons (Fsp3) is 0.583. The lowest BCUT2D eigenvalue weighted by atomic mass is 9.94. The predicted molar refractivity (Wildman–Crippen MR) is 138 cm³/mol. The van der Waals surface area contributed by atoms with Crippen LogP contribution in [0.15, 0.2) is 39.9 Å². The molecular weight excluding hydrogens is 501 g/mol. The maximum absolute atomic E-state index is 5.86. The summed E-state index contributed by atoms with van der Waals surface area (Å²) in [6.07, 6.45) is 4.46. The van der Waals surface area contributed by atoms with Crippen molar-refractivity contribution in [3.05, 3.63) is 53.2 Å². The Bertz CT molecular complexity index is 842. The number of nitrogens with one attached hydrogen (secondary N) is 2. The highest BCUT2D eigenvalue weighted by Crippen LogP contribution is 2.22. The van der Waals surface area contributed by atoms with E-state index in [0.29, 0.717) is 12.4 Å². The molecule has 0 saturated carbocycles. The van der Waals surface area contributed by atoms with E-state index in [4.69, 9.17) is 4.42 Å². The van der Waals surface area contributed by atoms with E-state index in [1.807, 2.05) is 6.20 Å². The lowest BCUT2D eigenvalue weighted by molar-refractivity contribution is 0.176. The van der Waals surface area contributed by atoms with Gasteiger partial charge in [0.1, 0.15) is 5.76 Å². The molecule has 1 unspecified atom stereocenters. The third-order valence-electron chi connectivity index (χ3n) is 5.62. The van der Waals surface area contributed by atoms with Crippen molar-refractivity contribution in [1.29, 1.82) is 0 Å². The fourth-order valence-electron chi connectivity index (χ4n) is 3.85. The third-order valence-corrected chi connectivity index (χ3v) is 5.62. The Labute approximate surface area is 204 Å². The molecule has 0 radical (unpaired) electrons. The van der Waals surface area contributed by atoms with Gasteiger partial charge in [0, 0.05) is 32.1 Å². The Kier molecular flexibility index (Phi) is 9.81. The van der Waals surface area contributed by atoms with Crippen LogP contribution in [0, 0.1) is 5.92 Å². The van der Waals surface area contributed by atoms with Crippen LogP contribution < -0.4 is 10.6 Å². The monoisotopic (exact) mass is 539 g/mol. The van der Waals surface area contributed by atoms with Gasteiger partial charge in [-0.2, -0.15) is 0 Å². The predicted octanol–water partition coefficient (Wildman–Crippen LogP) is 4.69. The summed E-state index contributed by atoms with van der Waals surface area (Å²) in [5.74, 6) is 3.10. The Morgan fingerprint density at radius 3 is 2.55 bits per heavy atom. The highest BCUT2D eigenvalue weighted by Gasteiger charge is 2.19. The SMILES string of the molecule is CN=C(NCc1ncc(C(C)(C)C)o1)NCc1ccccc1CN1CCCC(C)C1.I. The Hall–Kier alpha value is -1.61. The maximum Gasteiger partial charge on any atom is 0.213 e. The van der Waals surface area contributed by atoms with E-state index in [1.54, 1.807) is 7.05 Å². The Morgan fingerprint density at radius 1 is 1.19 bits per heavy atom. The minimum Gasteiger partial charge on any atom is -0.443 e. The van der Waals surface area contributed by atoms with E-state index >= 15 is 0 Å². The summed E-state index contributed by atoms with van der Waals surface area (Å²) >= 11 is 0. The molecule has 3 rings (SSSR count). The van der Waals surface area contributed by atoms with Crippen LogP contribution in [-0.4, -0.2) is 36.0 Å². The number of aromatic nitrogens is 1. The van der Waals surface area contributed by atoms with Gasteiger partial charge in [-0.15, -0.1) is 24.0 Å². The summed E-state index contributed by atoms with van der Waals surface area (Å²) in [7, 11) is 1.78. The van der Waals surface area contributed by atoms with Gasteiger partial charge >= 0.3 is 0 Å². The Balaban J connectivity index is 0.00000341. The number of hydrogen-bond donors (Lipinski definition) is 2. The molecule has 1 saturated heterocycles. The van der Waals surface area contributed by atoms with Gasteiger partial charge in [0.15, 0.2) is 5.96 Å². The van der Waals surface area contributed by atoms with Crippen LogP contribution in [0.1, 0.15) is 63.3 Å². The van der Waals surface area contributed by atoms with E-state index in [9.17, 15) is 0 Å². The van der Waals surface area contributed by atoms with Crippen LogP contribution in [-0.2, 0) is 25.0 Å². The average molecular weight is 540 g/mol. The average Bonchev–Trinajstić information content (AvgIpc) is 3.19. The van der Waals surface area contributed by atoms with Crippen LogP contribution >= 0.6 is 24.0 Å². The number of oxazole rings is 1. The number of benzene rings is 1. The third kappa shape index (κ3) is 7.79. The molecule has 1 fully saturated rings. The lowest BCUT2D eigenvalue weighted by Gasteiger charge is -2.31. The molecule has 0 spiro atoms. The minimum atomic E-state index is -0.0406. The molecule has 0 amide bonds. The van der Waals surface area contributed by atoms with Crippen molar-refractivity contribution in [2.45, 2.75) is 65.6 Å². The van der Waals surface area contributed by atoms with Gasteiger partial charge in [-0.3, -0.25) is 9.89 Å². The van der Waals surface area contributed by atoms with Crippen LogP contribution in [0.2, 0.25) is 0 Å². The van der Waals surface area contributed by atoms with Crippen molar-refractivity contribution in [2.24, 2.45) is 10.9 Å². The second kappa shape index (κ2) is 11.9. The molecule has 0 aliphatic carbocycles. The van der Waals surface area contributed by atoms with Crippen LogP contribution in [0.3, 0.4) is 0 Å². The minimum absolute atomic E-state index is 0. The van der Waals surface area contributed by atoms with Gasteiger partial charge in [0.25, 0.3) is 0 Å². The van der Waals surface area contributed by atoms with Crippen molar-refractivity contribution < 1.29 is 4.42 Å². The summed E-state index contributed by atoms with van der Waals surface area (Å²) in [5.41, 5.74) is 2.66. The molecule has 2 heterocycles. The molecule has 1 atom stereocenters. The van der Waals surface area contributed by atoms with Crippen LogP contribution in [0.5, 0.6) is 0 Å². The second-order valence-electron chi connectivity index (χ2n) is 9.40. The van der Waals surface area contributed by atoms with Crippen LogP contribution in [0.25, 0.3) is 0 Å². The van der Waals surface area contributed by atoms with Gasteiger partial charge in [-0.1, -0.05) is 52.0 Å². The first kappa shape index (κ1) is 25.6. The zero-order chi connectivity index (χ0) is 21.6. The number of hydrogen-bond acceptors (Lipinski definition) is 4. The van der Waals surface area contributed by atoms with Gasteiger partial charge in [0.2, 0.25) is 5.89 Å².